The van der Waals surface area contributed by atoms with E-state index >= 15 is 0 Å². The number of aliphatic hydroxyl groups excluding tert-OH is 17. The molecule has 5 aliphatic rings. The van der Waals surface area contributed by atoms with Crippen molar-refractivity contribution in [1.29, 1.82) is 0 Å². The van der Waals surface area contributed by atoms with Crippen LogP contribution >= 0.6 is 0 Å². The van der Waals surface area contributed by atoms with Gasteiger partial charge in [0, 0.05) is 0 Å². The van der Waals surface area contributed by atoms with Crippen molar-refractivity contribution < 1.29 is 129 Å². The van der Waals surface area contributed by atoms with Crippen LogP contribution in [0.1, 0.15) is 0 Å². The summed E-state index contributed by atoms with van der Waals surface area (Å²) in [4.78, 5) is 0. The van der Waals surface area contributed by atoms with Gasteiger partial charge in [-0.05, 0) is 0 Å². The minimum atomic E-state index is -2.12. The normalized spacial score (nSPS) is 53.2. The van der Waals surface area contributed by atoms with Gasteiger partial charge in [-0.1, -0.05) is 0 Å². The first-order chi connectivity index (χ1) is 26.5. The Balaban J connectivity index is 1.22. The van der Waals surface area contributed by atoms with Gasteiger partial charge in [0.2, 0.25) is 0 Å². The third kappa shape index (κ3) is 9.16. The Morgan fingerprint density at radius 3 is 0.821 bits per heavy atom. The summed E-state index contributed by atoms with van der Waals surface area (Å²) in [5, 5.41) is 176. The zero-order valence-corrected chi connectivity index (χ0v) is 29.2. The SMILES string of the molecule is OCC1OC(O)C(O)C(O)C1O[C@@H]1OC(CO)C(O[C@@H]2OC(CO)C(O[C@@H]3OC(CO)C(O[C@@H]4OC(CO)[C@@H](O)C(O)C4O)C(O)C3O)C(O)C2O)C(O)C1O. The quantitative estimate of drug-likeness (QED) is 0.0819. The molecule has 17 N–H and O–H groups in total. The summed E-state index contributed by atoms with van der Waals surface area (Å²) in [5.41, 5.74) is 0. The standard InChI is InChI=1S/C30H52O26/c31-1-6-11(36)12(37)18(43)27(49-6)54-23-8(3-33)51-29(20(45)14(23)39)56-25-10(5-35)52-30(21(46)16(25)41)55-24-9(4-34)50-28(19(44)15(24)40)53-22-7(2-32)48-26(47)17(42)13(22)38/h6-47H,1-5H2/t6?,7?,8?,9?,10?,11-,12?,13?,14?,15?,16?,17?,18?,19?,20?,21?,22?,23?,24?,25?,26?,27+,28+,29+,30+/m1/s1. The van der Waals surface area contributed by atoms with Crippen molar-refractivity contribution >= 4 is 0 Å². The highest BCUT2D eigenvalue weighted by Crippen LogP contribution is 2.35. The van der Waals surface area contributed by atoms with E-state index in [9.17, 15) is 86.8 Å². The molecule has 0 amide bonds. The maximum atomic E-state index is 11.1. The maximum absolute atomic E-state index is 11.1. The van der Waals surface area contributed by atoms with Gasteiger partial charge in [0.1, 0.15) is 122 Å². The van der Waals surface area contributed by atoms with Crippen LogP contribution in [0.4, 0.5) is 0 Å². The number of rotatable bonds is 13. The predicted octanol–water partition coefficient (Wildman–Crippen LogP) is -11.9. The van der Waals surface area contributed by atoms with E-state index in [2.05, 4.69) is 0 Å². The summed E-state index contributed by atoms with van der Waals surface area (Å²) in [6, 6.07) is 0. The van der Waals surface area contributed by atoms with E-state index in [0.29, 0.717) is 0 Å². The van der Waals surface area contributed by atoms with Gasteiger partial charge in [-0.3, -0.25) is 0 Å². The van der Waals surface area contributed by atoms with Gasteiger partial charge in [-0.15, -0.1) is 0 Å². The van der Waals surface area contributed by atoms with Crippen LogP contribution in [-0.4, -0.2) is 273 Å². The third-order valence-corrected chi connectivity index (χ3v) is 10.3. The molecule has 0 aromatic carbocycles. The lowest BCUT2D eigenvalue weighted by atomic mass is 9.95. The largest absolute Gasteiger partial charge is 0.394 e. The zero-order valence-electron chi connectivity index (χ0n) is 29.2. The van der Waals surface area contributed by atoms with Gasteiger partial charge in [0.15, 0.2) is 31.5 Å². The van der Waals surface area contributed by atoms with Crippen LogP contribution in [0.2, 0.25) is 0 Å². The Kier molecular flexibility index (Phi) is 16.1. The summed E-state index contributed by atoms with van der Waals surface area (Å²) in [6.07, 6.45) is -45.8. The number of aliphatic hydroxyl groups is 17. The molecule has 0 bridgehead atoms. The van der Waals surface area contributed by atoms with Gasteiger partial charge in [0.05, 0.1) is 33.0 Å². The predicted molar refractivity (Wildman–Crippen MR) is 167 cm³/mol. The van der Waals surface area contributed by atoms with E-state index in [-0.39, 0.29) is 0 Å². The number of hydrogen-bond donors (Lipinski definition) is 17. The molecule has 56 heavy (non-hydrogen) atoms. The second kappa shape index (κ2) is 19.6. The molecule has 5 heterocycles. The Morgan fingerprint density at radius 1 is 0.268 bits per heavy atom. The van der Waals surface area contributed by atoms with Crippen molar-refractivity contribution in [3.63, 3.8) is 0 Å². The van der Waals surface area contributed by atoms with Crippen LogP contribution < -0.4 is 0 Å². The molecule has 0 radical (unpaired) electrons. The molecule has 20 unspecified atom stereocenters. The first-order valence-electron chi connectivity index (χ1n) is 17.6. The summed E-state index contributed by atoms with van der Waals surface area (Å²) < 4.78 is 49.1. The minimum Gasteiger partial charge on any atom is -0.394 e. The molecule has 0 aromatic heterocycles. The highest BCUT2D eigenvalue weighted by molar-refractivity contribution is 4.99. The highest BCUT2D eigenvalue weighted by atomic mass is 16.8. The molecule has 5 saturated heterocycles. The molecule has 328 valence electrons. The number of hydrogen-bond acceptors (Lipinski definition) is 26. The maximum Gasteiger partial charge on any atom is 0.187 e. The van der Waals surface area contributed by atoms with Crippen molar-refractivity contribution in [2.24, 2.45) is 0 Å². The van der Waals surface area contributed by atoms with Crippen LogP contribution in [0.25, 0.3) is 0 Å². The fourth-order valence-corrected chi connectivity index (χ4v) is 7.03. The molecular weight excluding hydrogens is 776 g/mol. The van der Waals surface area contributed by atoms with Crippen LogP contribution in [0, 0.1) is 0 Å². The molecule has 5 rings (SSSR count). The van der Waals surface area contributed by atoms with E-state index in [4.69, 9.17) is 42.6 Å². The van der Waals surface area contributed by atoms with E-state index in [1.54, 1.807) is 0 Å². The molecule has 0 spiro atoms. The number of ether oxygens (including phenoxy) is 9. The van der Waals surface area contributed by atoms with Gasteiger partial charge in [0.25, 0.3) is 0 Å². The molecule has 5 fully saturated rings. The van der Waals surface area contributed by atoms with E-state index in [1.807, 2.05) is 0 Å². The molecule has 26 heteroatoms. The van der Waals surface area contributed by atoms with E-state index in [1.165, 1.54) is 0 Å². The van der Waals surface area contributed by atoms with Gasteiger partial charge < -0.3 is 129 Å². The molecule has 0 aliphatic carbocycles. The first kappa shape index (κ1) is 46.0. The lowest BCUT2D eigenvalue weighted by Crippen LogP contribution is -2.68. The summed E-state index contributed by atoms with van der Waals surface area (Å²) in [7, 11) is 0. The van der Waals surface area contributed by atoms with Crippen LogP contribution in [0.3, 0.4) is 0 Å². The fourth-order valence-electron chi connectivity index (χ4n) is 7.03. The van der Waals surface area contributed by atoms with Crippen molar-refractivity contribution in [2.45, 2.75) is 154 Å². The van der Waals surface area contributed by atoms with Crippen LogP contribution in [-0.2, 0) is 42.6 Å². The highest BCUT2D eigenvalue weighted by Gasteiger charge is 2.56. The lowest BCUT2D eigenvalue weighted by molar-refractivity contribution is -0.392. The second-order valence-corrected chi connectivity index (χ2v) is 13.9. The van der Waals surface area contributed by atoms with Gasteiger partial charge in [-0.25, -0.2) is 0 Å². The summed E-state index contributed by atoms with van der Waals surface area (Å²) in [5.74, 6) is 0. The molecule has 26 nitrogen and oxygen atoms in total. The molecular formula is C30H52O26. The van der Waals surface area contributed by atoms with Crippen molar-refractivity contribution in [2.75, 3.05) is 33.0 Å². The van der Waals surface area contributed by atoms with Crippen molar-refractivity contribution in [3.8, 4) is 0 Å². The van der Waals surface area contributed by atoms with Gasteiger partial charge >= 0.3 is 0 Å². The summed E-state index contributed by atoms with van der Waals surface area (Å²) >= 11 is 0. The molecule has 0 saturated carbocycles. The Bertz CT molecular complexity index is 1200. The monoisotopic (exact) mass is 828 g/mol. The van der Waals surface area contributed by atoms with Crippen molar-refractivity contribution in [1.82, 2.24) is 0 Å². The molecule has 25 atom stereocenters. The van der Waals surface area contributed by atoms with E-state index < -0.39 is 187 Å². The average Bonchev–Trinajstić information content (AvgIpc) is 3.19. The Labute approximate surface area is 316 Å². The summed E-state index contributed by atoms with van der Waals surface area (Å²) in [6.45, 7) is -4.51. The Hall–Kier alpha value is -1.04. The topological polar surface area (TPSA) is 427 Å². The first-order valence-corrected chi connectivity index (χ1v) is 17.6. The second-order valence-electron chi connectivity index (χ2n) is 13.9. The molecule has 0 aromatic rings. The smallest absolute Gasteiger partial charge is 0.187 e. The van der Waals surface area contributed by atoms with Crippen LogP contribution in [0.15, 0.2) is 0 Å². The fraction of sp³-hybridized carbons (Fsp3) is 1.00. The minimum absolute atomic E-state index is 0.811. The lowest BCUT2D eigenvalue weighted by Gasteiger charge is -2.49. The molecule has 5 aliphatic heterocycles. The third-order valence-electron chi connectivity index (χ3n) is 10.3. The van der Waals surface area contributed by atoms with Crippen molar-refractivity contribution in [3.05, 3.63) is 0 Å². The average molecular weight is 829 g/mol. The van der Waals surface area contributed by atoms with E-state index in [0.717, 1.165) is 0 Å². The zero-order chi connectivity index (χ0) is 41.3. The van der Waals surface area contributed by atoms with Crippen LogP contribution in [0.5, 0.6) is 0 Å². The Morgan fingerprint density at radius 2 is 0.518 bits per heavy atom. The van der Waals surface area contributed by atoms with Gasteiger partial charge in [-0.2, -0.15) is 0 Å².